The Balaban J connectivity index is 1.83. The molecule has 126 valence electrons. The minimum Gasteiger partial charge on any atom is -0.329 e. The predicted molar refractivity (Wildman–Crippen MR) is 72.9 cm³/mol. The lowest BCUT2D eigenvalue weighted by Gasteiger charge is -2.28. The van der Waals surface area contributed by atoms with Crippen LogP contribution in [0.4, 0.5) is 18.9 Å². The van der Waals surface area contributed by atoms with E-state index in [1.807, 2.05) is 0 Å². The van der Waals surface area contributed by atoms with E-state index >= 15 is 0 Å². The van der Waals surface area contributed by atoms with Gasteiger partial charge in [0.1, 0.15) is 0 Å². The average Bonchev–Trinajstić information content (AvgIpc) is 2.97. The van der Waals surface area contributed by atoms with Crippen LogP contribution in [0.15, 0.2) is 24.3 Å². The molecule has 2 aromatic rings. The summed E-state index contributed by atoms with van der Waals surface area (Å²) in [6.45, 7) is -0.224. The van der Waals surface area contributed by atoms with Crippen LogP contribution in [0.5, 0.6) is 0 Å². The molecule has 8 nitrogen and oxygen atoms in total. The Morgan fingerprint density at radius 3 is 2.67 bits per heavy atom. The van der Waals surface area contributed by atoms with E-state index in [0.717, 1.165) is 10.6 Å². The minimum atomic E-state index is -4.61. The summed E-state index contributed by atoms with van der Waals surface area (Å²) in [4.78, 5) is 23.8. The van der Waals surface area contributed by atoms with Gasteiger partial charge in [0.25, 0.3) is 11.6 Å². The second-order valence-electron chi connectivity index (χ2n) is 5.12. The van der Waals surface area contributed by atoms with Gasteiger partial charge in [-0.05, 0) is 6.07 Å². The zero-order valence-electron chi connectivity index (χ0n) is 12.0. The molecule has 1 aliphatic rings. The van der Waals surface area contributed by atoms with Gasteiger partial charge in [0.15, 0.2) is 5.82 Å². The first-order valence-corrected chi connectivity index (χ1v) is 6.80. The van der Waals surface area contributed by atoms with Gasteiger partial charge in [-0.3, -0.25) is 14.9 Å². The Hall–Kier alpha value is -2.98. The van der Waals surface area contributed by atoms with Gasteiger partial charge in [-0.2, -0.15) is 13.2 Å². The van der Waals surface area contributed by atoms with Crippen molar-refractivity contribution in [2.24, 2.45) is 0 Å². The fourth-order valence-corrected chi connectivity index (χ4v) is 2.48. The molecule has 3 rings (SSSR count). The first-order valence-electron chi connectivity index (χ1n) is 6.80. The second-order valence-corrected chi connectivity index (χ2v) is 5.12. The third-order valence-corrected chi connectivity index (χ3v) is 3.60. The molecule has 1 aromatic heterocycles. The maximum absolute atomic E-state index is 12.8. The van der Waals surface area contributed by atoms with Gasteiger partial charge in [-0.25, -0.2) is 0 Å². The minimum absolute atomic E-state index is 0.0207. The summed E-state index contributed by atoms with van der Waals surface area (Å²) < 4.78 is 39.3. The van der Waals surface area contributed by atoms with E-state index in [1.165, 1.54) is 23.1 Å². The van der Waals surface area contributed by atoms with E-state index in [0.29, 0.717) is 0 Å². The van der Waals surface area contributed by atoms with Crippen molar-refractivity contribution in [2.45, 2.75) is 19.3 Å². The molecule has 0 saturated carbocycles. The van der Waals surface area contributed by atoms with E-state index in [-0.39, 0.29) is 36.7 Å². The molecule has 1 amide bonds. The zero-order valence-corrected chi connectivity index (χ0v) is 12.0. The molecule has 2 heterocycles. The summed E-state index contributed by atoms with van der Waals surface area (Å²) in [5.41, 5.74) is -0.145. The smallest absolute Gasteiger partial charge is 0.329 e. The maximum Gasteiger partial charge on any atom is 0.451 e. The lowest BCUT2D eigenvalue weighted by atomic mass is 10.1. The number of alkyl halides is 3. The number of halogens is 3. The number of nitro benzene ring substituents is 1. The van der Waals surface area contributed by atoms with Gasteiger partial charge in [0.05, 0.1) is 11.5 Å². The predicted octanol–water partition coefficient (Wildman–Crippen LogP) is 1.86. The van der Waals surface area contributed by atoms with Crippen LogP contribution in [0.3, 0.4) is 0 Å². The molecule has 1 aliphatic heterocycles. The molecular formula is C13H10F3N5O3. The molecule has 11 heteroatoms. The molecule has 0 bridgehead atoms. The number of nitro groups is 1. The SMILES string of the molecule is O=C(c1cccc([N+](=O)[O-])c1)N1CCn2c(nnc2C(F)(F)F)C1. The lowest BCUT2D eigenvalue weighted by Crippen LogP contribution is -2.39. The molecule has 0 radical (unpaired) electrons. The highest BCUT2D eigenvalue weighted by Gasteiger charge is 2.40. The Bertz CT molecular complexity index is 817. The molecule has 24 heavy (non-hydrogen) atoms. The number of aromatic nitrogens is 3. The van der Waals surface area contributed by atoms with E-state index in [4.69, 9.17) is 0 Å². The Kier molecular flexibility index (Phi) is 3.70. The molecule has 0 unspecified atom stereocenters. The van der Waals surface area contributed by atoms with Crippen molar-refractivity contribution in [3.05, 3.63) is 51.6 Å². The van der Waals surface area contributed by atoms with Crippen LogP contribution in [0, 0.1) is 10.1 Å². The van der Waals surface area contributed by atoms with E-state index in [1.54, 1.807) is 0 Å². The van der Waals surface area contributed by atoms with Crippen molar-refractivity contribution in [3.8, 4) is 0 Å². The first-order chi connectivity index (χ1) is 11.3. The summed E-state index contributed by atoms with van der Waals surface area (Å²) in [6.07, 6.45) is -4.61. The number of hydrogen-bond donors (Lipinski definition) is 0. The molecule has 0 fully saturated rings. The summed E-state index contributed by atoms with van der Waals surface area (Å²) in [7, 11) is 0. The van der Waals surface area contributed by atoms with Crippen LogP contribution in [0.25, 0.3) is 0 Å². The molecule has 0 N–H and O–H groups in total. The number of carbonyl (C=O) groups is 1. The average molecular weight is 341 g/mol. The van der Waals surface area contributed by atoms with Crippen LogP contribution in [0.2, 0.25) is 0 Å². The number of fused-ring (bicyclic) bond motifs is 1. The fraction of sp³-hybridized carbons (Fsp3) is 0.308. The number of amides is 1. The van der Waals surface area contributed by atoms with Gasteiger partial charge in [0, 0.05) is 30.8 Å². The van der Waals surface area contributed by atoms with Crippen molar-refractivity contribution >= 4 is 11.6 Å². The number of non-ortho nitro benzene ring substituents is 1. The third kappa shape index (κ3) is 2.79. The summed E-state index contributed by atoms with van der Waals surface area (Å²) in [5, 5.41) is 17.4. The van der Waals surface area contributed by atoms with Crippen LogP contribution in [-0.2, 0) is 19.3 Å². The number of carbonyl (C=O) groups excluding carboxylic acids is 1. The van der Waals surface area contributed by atoms with Crippen LogP contribution < -0.4 is 0 Å². The van der Waals surface area contributed by atoms with Gasteiger partial charge in [-0.15, -0.1) is 10.2 Å². The van der Waals surface area contributed by atoms with Gasteiger partial charge >= 0.3 is 6.18 Å². The van der Waals surface area contributed by atoms with Gasteiger partial charge in [-0.1, -0.05) is 6.07 Å². The summed E-state index contributed by atoms with van der Waals surface area (Å²) in [5.74, 6) is -1.59. The topological polar surface area (TPSA) is 94.2 Å². The van der Waals surface area contributed by atoms with Gasteiger partial charge < -0.3 is 9.47 Å². The number of hydrogen-bond acceptors (Lipinski definition) is 5. The van der Waals surface area contributed by atoms with Gasteiger partial charge in [0.2, 0.25) is 5.82 Å². The molecular weight excluding hydrogens is 331 g/mol. The highest BCUT2D eigenvalue weighted by Crippen LogP contribution is 2.29. The summed E-state index contributed by atoms with van der Waals surface area (Å²) >= 11 is 0. The second kappa shape index (κ2) is 5.58. The molecule has 0 atom stereocenters. The quantitative estimate of drug-likeness (QED) is 0.614. The fourth-order valence-electron chi connectivity index (χ4n) is 2.48. The van der Waals surface area contributed by atoms with Crippen molar-refractivity contribution < 1.29 is 22.9 Å². The largest absolute Gasteiger partial charge is 0.451 e. The number of rotatable bonds is 2. The summed E-state index contributed by atoms with van der Waals surface area (Å²) in [6, 6.07) is 5.16. The van der Waals surface area contributed by atoms with E-state index < -0.39 is 22.8 Å². The van der Waals surface area contributed by atoms with Crippen molar-refractivity contribution in [2.75, 3.05) is 6.54 Å². The lowest BCUT2D eigenvalue weighted by molar-refractivity contribution is -0.384. The van der Waals surface area contributed by atoms with E-state index in [2.05, 4.69) is 10.2 Å². The normalized spacial score (nSPS) is 14.4. The molecule has 0 spiro atoms. The first kappa shape index (κ1) is 15.9. The number of benzene rings is 1. The maximum atomic E-state index is 12.8. The van der Waals surface area contributed by atoms with Crippen LogP contribution in [-0.4, -0.2) is 37.0 Å². The monoisotopic (exact) mass is 341 g/mol. The van der Waals surface area contributed by atoms with Crippen LogP contribution in [0.1, 0.15) is 22.0 Å². The standard InChI is InChI=1S/C13H10F3N5O3/c14-13(15,16)12-18-17-10-7-19(4-5-20(10)12)11(22)8-2-1-3-9(6-8)21(23)24/h1-3,6H,4-5,7H2. The van der Waals surface area contributed by atoms with Crippen LogP contribution >= 0.6 is 0 Å². The Morgan fingerprint density at radius 1 is 1.25 bits per heavy atom. The molecule has 0 saturated heterocycles. The Labute approximate surface area is 132 Å². The zero-order chi connectivity index (χ0) is 17.5. The number of nitrogens with zero attached hydrogens (tertiary/aromatic N) is 5. The molecule has 1 aromatic carbocycles. The van der Waals surface area contributed by atoms with Crippen molar-refractivity contribution in [3.63, 3.8) is 0 Å². The molecule has 0 aliphatic carbocycles. The van der Waals surface area contributed by atoms with Crippen molar-refractivity contribution in [1.82, 2.24) is 19.7 Å². The third-order valence-electron chi connectivity index (χ3n) is 3.60. The highest BCUT2D eigenvalue weighted by atomic mass is 19.4. The Morgan fingerprint density at radius 2 is 2.00 bits per heavy atom. The van der Waals surface area contributed by atoms with E-state index in [9.17, 15) is 28.1 Å². The highest BCUT2D eigenvalue weighted by molar-refractivity contribution is 5.94. The van der Waals surface area contributed by atoms with Crippen molar-refractivity contribution in [1.29, 1.82) is 0 Å².